The van der Waals surface area contributed by atoms with Crippen LogP contribution in [0, 0.1) is 0 Å². The number of esters is 1. The highest BCUT2D eigenvalue weighted by Gasteiger charge is 2.15. The van der Waals surface area contributed by atoms with Crippen molar-refractivity contribution in [3.63, 3.8) is 0 Å². The van der Waals surface area contributed by atoms with Crippen molar-refractivity contribution in [2.75, 3.05) is 18.0 Å². The molecule has 0 N–H and O–H groups in total. The molecule has 6 heteroatoms. The van der Waals surface area contributed by atoms with E-state index in [0.29, 0.717) is 12.3 Å². The lowest BCUT2D eigenvalue weighted by atomic mass is 10.1. The Balaban J connectivity index is 1.64. The maximum Gasteiger partial charge on any atom is 0.374 e. The van der Waals surface area contributed by atoms with Crippen molar-refractivity contribution in [1.29, 1.82) is 0 Å². The van der Waals surface area contributed by atoms with Crippen molar-refractivity contribution in [1.82, 2.24) is 9.78 Å². The number of para-hydroxylation sites is 1. The van der Waals surface area contributed by atoms with Crippen LogP contribution in [0.2, 0.25) is 0 Å². The summed E-state index contributed by atoms with van der Waals surface area (Å²) < 4.78 is 12.8. The van der Waals surface area contributed by atoms with Crippen molar-refractivity contribution in [2.24, 2.45) is 0 Å². The molecule has 0 atom stereocenters. The van der Waals surface area contributed by atoms with Crippen LogP contribution in [0.3, 0.4) is 0 Å². The number of hydrogen-bond donors (Lipinski definition) is 0. The Morgan fingerprint density at radius 3 is 2.69 bits per heavy atom. The number of rotatable bonds is 8. The number of anilines is 1. The minimum absolute atomic E-state index is 0.201. The van der Waals surface area contributed by atoms with Crippen molar-refractivity contribution in [2.45, 2.75) is 27.0 Å². The van der Waals surface area contributed by atoms with Gasteiger partial charge in [0.05, 0.1) is 6.54 Å². The van der Waals surface area contributed by atoms with Gasteiger partial charge in [0.2, 0.25) is 5.76 Å². The first-order chi connectivity index (χ1) is 12.7. The van der Waals surface area contributed by atoms with Crippen LogP contribution in [0.4, 0.5) is 5.69 Å². The first-order valence-corrected chi connectivity index (χ1v) is 8.77. The van der Waals surface area contributed by atoms with Crippen LogP contribution in [-0.2, 0) is 17.9 Å². The van der Waals surface area contributed by atoms with Crippen LogP contribution in [0.15, 0.2) is 59.3 Å². The molecular weight excluding hydrogens is 330 g/mol. The first kappa shape index (κ1) is 17.8. The largest absolute Gasteiger partial charge is 0.455 e. The van der Waals surface area contributed by atoms with E-state index < -0.39 is 5.97 Å². The number of ether oxygens (including phenoxy) is 1. The van der Waals surface area contributed by atoms with Crippen molar-refractivity contribution >= 4 is 11.7 Å². The second-order valence-electron chi connectivity index (χ2n) is 5.85. The van der Waals surface area contributed by atoms with Gasteiger partial charge in [-0.15, -0.1) is 0 Å². The summed E-state index contributed by atoms with van der Waals surface area (Å²) >= 11 is 0. The highest BCUT2D eigenvalue weighted by atomic mass is 16.5. The second kappa shape index (κ2) is 8.38. The summed E-state index contributed by atoms with van der Waals surface area (Å²) in [7, 11) is 0. The zero-order chi connectivity index (χ0) is 18.4. The van der Waals surface area contributed by atoms with Crippen LogP contribution >= 0.6 is 0 Å². The number of nitrogens with zero attached hydrogens (tertiary/aromatic N) is 3. The van der Waals surface area contributed by atoms with E-state index in [1.807, 2.05) is 36.5 Å². The average Bonchev–Trinajstić information content (AvgIpc) is 3.34. The van der Waals surface area contributed by atoms with E-state index in [1.54, 1.807) is 23.0 Å². The predicted molar refractivity (Wildman–Crippen MR) is 99.2 cm³/mol. The van der Waals surface area contributed by atoms with Gasteiger partial charge in [0, 0.05) is 36.7 Å². The molecule has 0 bridgehead atoms. The van der Waals surface area contributed by atoms with Crippen molar-refractivity contribution in [3.8, 4) is 0 Å². The van der Waals surface area contributed by atoms with E-state index >= 15 is 0 Å². The van der Waals surface area contributed by atoms with Gasteiger partial charge in [-0.25, -0.2) is 4.79 Å². The molecule has 1 aromatic carbocycles. The van der Waals surface area contributed by atoms with E-state index in [2.05, 4.69) is 23.8 Å². The molecule has 3 rings (SSSR count). The molecule has 0 aliphatic rings. The molecule has 0 saturated heterocycles. The molecule has 2 aromatic heterocycles. The maximum absolute atomic E-state index is 12.3. The number of furan rings is 1. The summed E-state index contributed by atoms with van der Waals surface area (Å²) in [5, 5.41) is 4.12. The Morgan fingerprint density at radius 1 is 1.15 bits per heavy atom. The van der Waals surface area contributed by atoms with Gasteiger partial charge in [-0.1, -0.05) is 18.2 Å². The molecule has 0 radical (unpaired) electrons. The summed E-state index contributed by atoms with van der Waals surface area (Å²) in [5.74, 6) is 0.391. The highest BCUT2D eigenvalue weighted by Crippen LogP contribution is 2.21. The van der Waals surface area contributed by atoms with E-state index in [9.17, 15) is 4.79 Å². The summed E-state index contributed by atoms with van der Waals surface area (Å²) in [6.45, 7) is 6.70. The standard InChI is InChI=1S/C20H23N3O3/c1-3-22(4-2)18-9-6-5-8-16(18)15-25-20(24)19-11-10-17(26-19)14-23-13-7-12-21-23/h5-13H,3-4,14-15H2,1-2H3. The molecule has 26 heavy (non-hydrogen) atoms. The van der Waals surface area contributed by atoms with Gasteiger partial charge in [-0.05, 0) is 38.1 Å². The number of carbonyl (C=O) groups excluding carboxylic acids is 1. The lowest BCUT2D eigenvalue weighted by molar-refractivity contribution is 0.0434. The summed E-state index contributed by atoms with van der Waals surface area (Å²) in [6.07, 6.45) is 3.54. The Hall–Kier alpha value is -3.02. The van der Waals surface area contributed by atoms with Gasteiger partial charge < -0.3 is 14.1 Å². The Kier molecular flexibility index (Phi) is 5.73. The highest BCUT2D eigenvalue weighted by molar-refractivity contribution is 5.86. The fourth-order valence-corrected chi connectivity index (χ4v) is 2.85. The summed E-state index contributed by atoms with van der Waals surface area (Å²) in [6, 6.07) is 13.2. The minimum atomic E-state index is -0.467. The number of aromatic nitrogens is 2. The number of carbonyl (C=O) groups is 1. The van der Waals surface area contributed by atoms with Crippen LogP contribution in [0.25, 0.3) is 0 Å². The van der Waals surface area contributed by atoms with Crippen LogP contribution in [0.5, 0.6) is 0 Å². The van der Waals surface area contributed by atoms with Gasteiger partial charge in [0.15, 0.2) is 0 Å². The minimum Gasteiger partial charge on any atom is -0.455 e. The summed E-state index contributed by atoms with van der Waals surface area (Å²) in [5.41, 5.74) is 2.07. The quantitative estimate of drug-likeness (QED) is 0.578. The topological polar surface area (TPSA) is 60.5 Å². The molecule has 3 aromatic rings. The fraction of sp³-hybridized carbons (Fsp3) is 0.300. The normalized spacial score (nSPS) is 10.7. The zero-order valence-corrected chi connectivity index (χ0v) is 15.1. The fourth-order valence-electron chi connectivity index (χ4n) is 2.85. The van der Waals surface area contributed by atoms with Gasteiger partial charge in [-0.2, -0.15) is 5.10 Å². The average molecular weight is 353 g/mol. The Labute approximate surface area is 153 Å². The van der Waals surface area contributed by atoms with Crippen LogP contribution < -0.4 is 4.90 Å². The molecule has 136 valence electrons. The monoisotopic (exact) mass is 353 g/mol. The van der Waals surface area contributed by atoms with Gasteiger partial charge in [0.1, 0.15) is 12.4 Å². The lowest BCUT2D eigenvalue weighted by Crippen LogP contribution is -2.23. The van der Waals surface area contributed by atoms with Gasteiger partial charge in [0.25, 0.3) is 0 Å². The maximum atomic E-state index is 12.3. The third kappa shape index (κ3) is 4.14. The molecular formula is C20H23N3O3. The number of hydrogen-bond acceptors (Lipinski definition) is 5. The smallest absolute Gasteiger partial charge is 0.374 e. The molecule has 0 fully saturated rings. The predicted octanol–water partition coefficient (Wildman–Crippen LogP) is 3.73. The molecule has 0 aliphatic carbocycles. The van der Waals surface area contributed by atoms with Gasteiger partial charge in [-0.3, -0.25) is 4.68 Å². The third-order valence-electron chi connectivity index (χ3n) is 4.19. The first-order valence-electron chi connectivity index (χ1n) is 8.77. The van der Waals surface area contributed by atoms with E-state index in [-0.39, 0.29) is 12.4 Å². The van der Waals surface area contributed by atoms with E-state index in [4.69, 9.17) is 9.15 Å². The summed E-state index contributed by atoms with van der Waals surface area (Å²) in [4.78, 5) is 14.5. The lowest BCUT2D eigenvalue weighted by Gasteiger charge is -2.23. The van der Waals surface area contributed by atoms with E-state index in [1.165, 1.54) is 0 Å². The molecule has 0 amide bonds. The van der Waals surface area contributed by atoms with Crippen LogP contribution in [0.1, 0.15) is 35.7 Å². The molecule has 0 aliphatic heterocycles. The molecule has 0 unspecified atom stereocenters. The molecule has 6 nitrogen and oxygen atoms in total. The van der Waals surface area contributed by atoms with E-state index in [0.717, 1.165) is 24.3 Å². The Bertz CT molecular complexity index is 836. The molecule has 0 spiro atoms. The van der Waals surface area contributed by atoms with Gasteiger partial charge >= 0.3 is 5.97 Å². The number of benzene rings is 1. The SMILES string of the molecule is CCN(CC)c1ccccc1COC(=O)c1ccc(Cn2cccn2)o1. The zero-order valence-electron chi connectivity index (χ0n) is 15.1. The molecule has 0 saturated carbocycles. The van der Waals surface area contributed by atoms with Crippen molar-refractivity contribution < 1.29 is 13.9 Å². The molecule has 2 heterocycles. The Morgan fingerprint density at radius 2 is 1.96 bits per heavy atom. The van der Waals surface area contributed by atoms with Crippen LogP contribution in [-0.4, -0.2) is 28.8 Å². The second-order valence-corrected chi connectivity index (χ2v) is 5.85. The van der Waals surface area contributed by atoms with Crippen molar-refractivity contribution in [3.05, 3.63) is 71.9 Å². The third-order valence-corrected chi connectivity index (χ3v) is 4.19.